The zero-order valence-corrected chi connectivity index (χ0v) is 13.6. The number of hydrogen-bond donors (Lipinski definition) is 2. The fourth-order valence-electron chi connectivity index (χ4n) is 2.16. The number of carbonyl (C=O) groups is 1. The van der Waals surface area contributed by atoms with Crippen LogP contribution in [0.2, 0.25) is 0 Å². The van der Waals surface area contributed by atoms with E-state index in [-0.39, 0.29) is 23.7 Å². The van der Waals surface area contributed by atoms with Gasteiger partial charge in [-0.3, -0.25) is 14.9 Å². The summed E-state index contributed by atoms with van der Waals surface area (Å²) in [5, 5.41) is 22.8. The first-order valence-corrected chi connectivity index (χ1v) is 7.26. The molecule has 2 aromatic rings. The lowest BCUT2D eigenvalue weighted by Crippen LogP contribution is -2.20. The monoisotopic (exact) mass is 330 g/mol. The lowest BCUT2D eigenvalue weighted by atomic mass is 10.1. The van der Waals surface area contributed by atoms with E-state index in [0.717, 1.165) is 34.9 Å². The molecule has 0 spiro atoms. The number of benzene rings is 2. The summed E-state index contributed by atoms with van der Waals surface area (Å²) < 4.78 is 5.50. The van der Waals surface area contributed by atoms with Gasteiger partial charge in [0, 0.05) is 12.1 Å². The number of hydrogen-bond acceptors (Lipinski definition) is 5. The van der Waals surface area contributed by atoms with Gasteiger partial charge in [-0.05, 0) is 49.6 Å². The molecule has 1 amide bonds. The SMILES string of the molecule is Cc1cc(C)c(OCC(=O)Nc2cc([N+](=O)[O-])ccc2O)cc1C. The quantitative estimate of drug-likeness (QED) is 0.498. The summed E-state index contributed by atoms with van der Waals surface area (Å²) in [6.45, 7) is 5.55. The van der Waals surface area contributed by atoms with Crippen LogP contribution in [-0.2, 0) is 4.79 Å². The van der Waals surface area contributed by atoms with Crippen LogP contribution in [0.1, 0.15) is 16.7 Å². The maximum Gasteiger partial charge on any atom is 0.271 e. The normalized spacial score (nSPS) is 10.3. The Bertz CT molecular complexity index is 802. The van der Waals surface area contributed by atoms with Gasteiger partial charge in [-0.15, -0.1) is 0 Å². The number of phenolic OH excluding ortho intramolecular Hbond substituents is 1. The second kappa shape index (κ2) is 6.99. The molecule has 0 aliphatic carbocycles. The number of anilines is 1. The van der Waals surface area contributed by atoms with Gasteiger partial charge in [-0.1, -0.05) is 6.07 Å². The molecule has 126 valence electrons. The van der Waals surface area contributed by atoms with Crippen molar-refractivity contribution in [2.24, 2.45) is 0 Å². The standard InChI is InChI=1S/C17H18N2O5/c1-10-6-12(3)16(7-11(10)2)24-9-17(21)18-14-8-13(19(22)23)4-5-15(14)20/h4-8,20H,9H2,1-3H3,(H,18,21). The van der Waals surface area contributed by atoms with Gasteiger partial charge in [0.1, 0.15) is 11.5 Å². The van der Waals surface area contributed by atoms with Gasteiger partial charge in [0.25, 0.3) is 11.6 Å². The Morgan fingerprint density at radius 3 is 2.50 bits per heavy atom. The first-order valence-electron chi connectivity index (χ1n) is 7.26. The first kappa shape index (κ1) is 17.3. The van der Waals surface area contributed by atoms with E-state index >= 15 is 0 Å². The summed E-state index contributed by atoms with van der Waals surface area (Å²) in [7, 11) is 0. The van der Waals surface area contributed by atoms with Crippen LogP contribution in [0.25, 0.3) is 0 Å². The third-order valence-electron chi connectivity index (χ3n) is 3.62. The van der Waals surface area contributed by atoms with Crippen LogP contribution in [0.3, 0.4) is 0 Å². The van der Waals surface area contributed by atoms with Crippen molar-refractivity contribution in [2.45, 2.75) is 20.8 Å². The van der Waals surface area contributed by atoms with Crippen molar-refractivity contribution in [3.63, 3.8) is 0 Å². The van der Waals surface area contributed by atoms with Gasteiger partial charge in [0.05, 0.1) is 10.6 Å². The number of ether oxygens (including phenoxy) is 1. The van der Waals surface area contributed by atoms with Crippen molar-refractivity contribution < 1.29 is 19.6 Å². The molecule has 2 aromatic carbocycles. The average Bonchev–Trinajstić information content (AvgIpc) is 2.51. The summed E-state index contributed by atoms with van der Waals surface area (Å²) >= 11 is 0. The van der Waals surface area contributed by atoms with Crippen LogP contribution in [0, 0.1) is 30.9 Å². The van der Waals surface area contributed by atoms with Crippen molar-refractivity contribution in [3.8, 4) is 11.5 Å². The molecular formula is C17H18N2O5. The van der Waals surface area contributed by atoms with E-state index in [2.05, 4.69) is 5.32 Å². The molecule has 0 fully saturated rings. The fourth-order valence-corrected chi connectivity index (χ4v) is 2.16. The third kappa shape index (κ3) is 4.01. The maximum atomic E-state index is 12.0. The van der Waals surface area contributed by atoms with Crippen LogP contribution in [0.5, 0.6) is 11.5 Å². The Morgan fingerprint density at radius 1 is 1.17 bits per heavy atom. The number of nitro groups is 1. The van der Waals surface area contributed by atoms with Gasteiger partial charge in [-0.2, -0.15) is 0 Å². The predicted molar refractivity (Wildman–Crippen MR) is 89.5 cm³/mol. The number of nitrogens with zero attached hydrogens (tertiary/aromatic N) is 1. The summed E-state index contributed by atoms with van der Waals surface area (Å²) in [6.07, 6.45) is 0. The van der Waals surface area contributed by atoms with E-state index in [1.807, 2.05) is 32.9 Å². The molecule has 0 aliphatic heterocycles. The van der Waals surface area contributed by atoms with Gasteiger partial charge in [0.2, 0.25) is 0 Å². The summed E-state index contributed by atoms with van der Waals surface area (Å²) in [5.74, 6) is -0.184. The fraction of sp³-hybridized carbons (Fsp3) is 0.235. The second-order valence-electron chi connectivity index (χ2n) is 5.50. The van der Waals surface area contributed by atoms with Gasteiger partial charge in [-0.25, -0.2) is 0 Å². The smallest absolute Gasteiger partial charge is 0.271 e. The minimum absolute atomic E-state index is 0.0328. The molecule has 2 rings (SSSR count). The lowest BCUT2D eigenvalue weighted by Gasteiger charge is -2.12. The molecule has 24 heavy (non-hydrogen) atoms. The summed E-state index contributed by atoms with van der Waals surface area (Å²) in [6, 6.07) is 7.22. The zero-order valence-electron chi connectivity index (χ0n) is 13.6. The van der Waals surface area contributed by atoms with Crippen molar-refractivity contribution in [1.29, 1.82) is 0 Å². The summed E-state index contributed by atoms with van der Waals surface area (Å²) in [5.41, 5.74) is 2.82. The number of phenols is 1. The highest BCUT2D eigenvalue weighted by atomic mass is 16.6. The number of aryl methyl sites for hydroxylation is 3. The van der Waals surface area contributed by atoms with E-state index in [0.29, 0.717) is 5.75 Å². The van der Waals surface area contributed by atoms with E-state index in [4.69, 9.17) is 4.74 Å². The minimum Gasteiger partial charge on any atom is -0.506 e. The Kier molecular flexibility index (Phi) is 5.03. The van der Waals surface area contributed by atoms with Gasteiger partial charge >= 0.3 is 0 Å². The summed E-state index contributed by atoms with van der Waals surface area (Å²) in [4.78, 5) is 22.1. The van der Waals surface area contributed by atoms with Crippen LogP contribution < -0.4 is 10.1 Å². The molecule has 7 nitrogen and oxygen atoms in total. The molecule has 2 N–H and O–H groups in total. The number of amides is 1. The highest BCUT2D eigenvalue weighted by Gasteiger charge is 2.13. The second-order valence-corrected chi connectivity index (χ2v) is 5.50. The molecule has 0 bridgehead atoms. The average molecular weight is 330 g/mol. The van der Waals surface area contributed by atoms with Gasteiger partial charge < -0.3 is 15.2 Å². The molecule has 0 heterocycles. The highest BCUT2D eigenvalue weighted by Crippen LogP contribution is 2.28. The topological polar surface area (TPSA) is 102 Å². The number of aromatic hydroxyl groups is 1. The molecule has 7 heteroatoms. The number of non-ortho nitro benzene ring substituents is 1. The van der Waals surface area contributed by atoms with Crippen molar-refractivity contribution in [1.82, 2.24) is 0 Å². The van der Waals surface area contributed by atoms with E-state index in [1.54, 1.807) is 0 Å². The third-order valence-corrected chi connectivity index (χ3v) is 3.62. The van der Waals surface area contributed by atoms with Crippen molar-refractivity contribution >= 4 is 17.3 Å². The van der Waals surface area contributed by atoms with Crippen LogP contribution in [-0.4, -0.2) is 22.5 Å². The molecule has 0 saturated carbocycles. The lowest BCUT2D eigenvalue weighted by molar-refractivity contribution is -0.384. The Labute approximate surface area is 139 Å². The number of nitro benzene ring substituents is 1. The number of rotatable bonds is 5. The molecule has 0 aliphatic rings. The molecule has 0 saturated heterocycles. The Morgan fingerprint density at radius 2 is 1.83 bits per heavy atom. The Balaban J connectivity index is 2.05. The van der Waals surface area contributed by atoms with Crippen LogP contribution >= 0.6 is 0 Å². The largest absolute Gasteiger partial charge is 0.506 e. The molecule has 0 unspecified atom stereocenters. The predicted octanol–water partition coefficient (Wildman–Crippen LogP) is 3.24. The molecule has 0 radical (unpaired) electrons. The highest BCUT2D eigenvalue weighted by molar-refractivity contribution is 5.93. The maximum absolute atomic E-state index is 12.0. The van der Waals surface area contributed by atoms with Crippen LogP contribution in [0.15, 0.2) is 30.3 Å². The Hall–Kier alpha value is -3.09. The van der Waals surface area contributed by atoms with Crippen molar-refractivity contribution in [2.75, 3.05) is 11.9 Å². The molecule has 0 atom stereocenters. The number of nitrogens with one attached hydrogen (secondary N) is 1. The minimum atomic E-state index is -0.607. The zero-order chi connectivity index (χ0) is 17.9. The van der Waals surface area contributed by atoms with E-state index in [9.17, 15) is 20.0 Å². The first-order chi connectivity index (χ1) is 11.3. The van der Waals surface area contributed by atoms with Crippen molar-refractivity contribution in [3.05, 3.63) is 57.1 Å². The van der Waals surface area contributed by atoms with E-state index in [1.165, 1.54) is 0 Å². The molecular weight excluding hydrogens is 312 g/mol. The number of carbonyl (C=O) groups excluding carboxylic acids is 1. The van der Waals surface area contributed by atoms with E-state index < -0.39 is 10.8 Å². The van der Waals surface area contributed by atoms with Gasteiger partial charge in [0.15, 0.2) is 6.61 Å². The van der Waals surface area contributed by atoms with Crippen LogP contribution in [0.4, 0.5) is 11.4 Å². The molecule has 0 aromatic heterocycles.